The molecular formula is C31H40O16. The number of carbonyl (C=O) groups excluding carboxylic acids is 1. The van der Waals surface area contributed by atoms with E-state index in [-0.39, 0.29) is 11.5 Å². The molecule has 0 bridgehead atoms. The molecule has 5 rings (SSSR count). The summed E-state index contributed by atoms with van der Waals surface area (Å²) >= 11 is 0. The van der Waals surface area contributed by atoms with Gasteiger partial charge in [0.1, 0.15) is 36.6 Å². The van der Waals surface area contributed by atoms with Gasteiger partial charge in [0, 0.05) is 12.0 Å². The molecule has 2 fully saturated rings. The molecule has 0 radical (unpaired) electrons. The van der Waals surface area contributed by atoms with Gasteiger partial charge in [-0.3, -0.25) is 0 Å². The monoisotopic (exact) mass is 668 g/mol. The molecule has 3 heterocycles. The SMILES string of the molecule is COc1ccc(/C=C/C(=O)O[C@@H]2[C@@H](O)[C@H](C)O[C@@H](O[C@@H]3C=C(CO)[C@H]4[C@H](O[C@@H]5O[C@H](CO)[C@@H](O)[C@H](O)[C@H]5O)OC=C[C@H]43)[C@@H]2O)cc1O. The molecule has 16 heteroatoms. The molecule has 260 valence electrons. The summed E-state index contributed by atoms with van der Waals surface area (Å²) in [6.07, 6.45) is -9.55. The lowest BCUT2D eigenvalue weighted by Crippen LogP contribution is -2.60. The van der Waals surface area contributed by atoms with Crippen molar-refractivity contribution >= 4 is 12.0 Å². The Hall–Kier alpha value is -3.13. The lowest BCUT2D eigenvalue weighted by Gasteiger charge is -2.43. The van der Waals surface area contributed by atoms with Crippen LogP contribution in [0, 0.1) is 11.8 Å². The quantitative estimate of drug-likeness (QED) is 0.0766. The van der Waals surface area contributed by atoms with Crippen molar-refractivity contribution in [2.24, 2.45) is 11.8 Å². The zero-order chi connectivity index (χ0) is 34.0. The maximum absolute atomic E-state index is 12.7. The summed E-state index contributed by atoms with van der Waals surface area (Å²) in [7, 11) is 1.40. The Morgan fingerprint density at radius 3 is 2.36 bits per heavy atom. The van der Waals surface area contributed by atoms with Crippen molar-refractivity contribution in [2.45, 2.75) is 80.7 Å². The van der Waals surface area contributed by atoms with E-state index >= 15 is 0 Å². The largest absolute Gasteiger partial charge is 0.504 e. The van der Waals surface area contributed by atoms with Crippen molar-refractivity contribution in [2.75, 3.05) is 20.3 Å². The first-order valence-electron chi connectivity index (χ1n) is 15.0. The number of aromatic hydroxyl groups is 1. The highest BCUT2D eigenvalue weighted by molar-refractivity contribution is 5.87. The van der Waals surface area contributed by atoms with Crippen molar-refractivity contribution in [3.05, 3.63) is 53.8 Å². The molecule has 4 aliphatic rings. The number of benzene rings is 1. The molecule has 3 aliphatic heterocycles. The van der Waals surface area contributed by atoms with Crippen LogP contribution < -0.4 is 4.74 Å². The summed E-state index contributed by atoms with van der Waals surface area (Å²) in [6, 6.07) is 4.48. The van der Waals surface area contributed by atoms with E-state index in [0.717, 1.165) is 6.08 Å². The molecule has 16 nitrogen and oxygen atoms in total. The van der Waals surface area contributed by atoms with Crippen LogP contribution in [0.2, 0.25) is 0 Å². The predicted octanol–water partition coefficient (Wildman–Crippen LogP) is -1.97. The Morgan fingerprint density at radius 2 is 1.68 bits per heavy atom. The van der Waals surface area contributed by atoms with Crippen LogP contribution in [-0.2, 0) is 33.2 Å². The molecular weight excluding hydrogens is 628 g/mol. The number of carbonyl (C=O) groups is 1. The highest BCUT2D eigenvalue weighted by Gasteiger charge is 2.52. The van der Waals surface area contributed by atoms with Crippen molar-refractivity contribution < 1.29 is 78.8 Å². The molecule has 0 aromatic heterocycles. The summed E-state index contributed by atoms with van der Waals surface area (Å²) in [4.78, 5) is 12.7. The van der Waals surface area contributed by atoms with Crippen molar-refractivity contribution in [1.29, 1.82) is 0 Å². The van der Waals surface area contributed by atoms with E-state index in [1.807, 2.05) is 0 Å². The number of hydrogen-bond acceptors (Lipinski definition) is 16. The summed E-state index contributed by atoms with van der Waals surface area (Å²) in [5, 5.41) is 82.1. The fourth-order valence-electron chi connectivity index (χ4n) is 6.04. The Balaban J connectivity index is 1.25. The number of ether oxygens (including phenoxy) is 7. The molecule has 47 heavy (non-hydrogen) atoms. The van der Waals surface area contributed by atoms with Gasteiger partial charge in [-0.1, -0.05) is 12.1 Å². The minimum Gasteiger partial charge on any atom is -0.504 e. The maximum atomic E-state index is 12.7. The van der Waals surface area contributed by atoms with E-state index in [1.165, 1.54) is 38.5 Å². The number of aliphatic hydroxyl groups is 7. The zero-order valence-corrected chi connectivity index (χ0v) is 25.5. The Morgan fingerprint density at radius 1 is 0.936 bits per heavy atom. The summed E-state index contributed by atoms with van der Waals surface area (Å²) in [5.41, 5.74) is 0.874. The third-order valence-electron chi connectivity index (χ3n) is 8.65. The van der Waals surface area contributed by atoms with E-state index in [0.29, 0.717) is 11.1 Å². The standard InChI is InChI=1S/C31H40O16/c1-13-23(36)28(46-21(35)6-4-14-3-5-18(41-2)17(34)9-14)27(40)31(43-13)44-19-10-15(11-32)22-16(19)7-8-42-29(22)47-30-26(39)25(38)24(37)20(12-33)45-30/h3-10,13,16,19-20,22-34,36-40H,11-12H2,1-2H3/b6-4+/t13-,16-,19+,20+,22+,23-,24+,25-,26+,27+,28+,29-,30-,31-/m0/s1. The van der Waals surface area contributed by atoms with Crippen LogP contribution in [0.4, 0.5) is 0 Å². The van der Waals surface area contributed by atoms with Crippen LogP contribution >= 0.6 is 0 Å². The highest BCUT2D eigenvalue weighted by atomic mass is 16.8. The number of fused-ring (bicyclic) bond motifs is 1. The molecule has 8 N–H and O–H groups in total. The van der Waals surface area contributed by atoms with Crippen molar-refractivity contribution in [3.8, 4) is 11.5 Å². The average molecular weight is 669 g/mol. The van der Waals surface area contributed by atoms with E-state index < -0.39 is 105 Å². The van der Waals surface area contributed by atoms with Gasteiger partial charge in [0.2, 0.25) is 6.29 Å². The number of aliphatic hydroxyl groups excluding tert-OH is 7. The minimum absolute atomic E-state index is 0.134. The Bertz CT molecular complexity index is 1330. The van der Waals surface area contributed by atoms with Crippen LogP contribution in [-0.4, -0.2) is 141 Å². The van der Waals surface area contributed by atoms with Crippen LogP contribution in [0.25, 0.3) is 6.08 Å². The second-order valence-electron chi connectivity index (χ2n) is 11.6. The first-order chi connectivity index (χ1) is 22.5. The zero-order valence-electron chi connectivity index (χ0n) is 25.5. The van der Waals surface area contributed by atoms with Gasteiger partial charge < -0.3 is 74.0 Å². The predicted molar refractivity (Wildman–Crippen MR) is 156 cm³/mol. The van der Waals surface area contributed by atoms with Gasteiger partial charge in [-0.25, -0.2) is 4.79 Å². The van der Waals surface area contributed by atoms with Gasteiger partial charge in [0.05, 0.1) is 44.7 Å². The first kappa shape index (κ1) is 35.2. The van der Waals surface area contributed by atoms with Crippen LogP contribution in [0.3, 0.4) is 0 Å². The molecule has 1 aromatic rings. The van der Waals surface area contributed by atoms with E-state index in [9.17, 15) is 45.6 Å². The Kier molecular flexibility index (Phi) is 11.2. The topological polar surface area (TPSA) is 244 Å². The molecule has 0 unspecified atom stereocenters. The van der Waals surface area contributed by atoms with E-state index in [2.05, 4.69) is 0 Å². The normalized spacial score (nSPS) is 40.1. The third kappa shape index (κ3) is 7.33. The fraction of sp³-hybridized carbons (Fsp3) is 0.581. The lowest BCUT2D eigenvalue weighted by atomic mass is 9.88. The lowest BCUT2D eigenvalue weighted by molar-refractivity contribution is -0.341. The van der Waals surface area contributed by atoms with Crippen LogP contribution in [0.5, 0.6) is 11.5 Å². The second kappa shape index (κ2) is 15.0. The minimum atomic E-state index is -1.69. The highest BCUT2D eigenvalue weighted by Crippen LogP contribution is 2.43. The van der Waals surface area contributed by atoms with Crippen molar-refractivity contribution in [3.63, 3.8) is 0 Å². The van der Waals surface area contributed by atoms with Gasteiger partial charge in [0.15, 0.2) is 30.2 Å². The Labute approximate surface area is 269 Å². The second-order valence-corrected chi connectivity index (χ2v) is 11.6. The van der Waals surface area contributed by atoms with E-state index in [1.54, 1.807) is 18.2 Å². The molecule has 0 saturated carbocycles. The fourth-order valence-corrected chi connectivity index (χ4v) is 6.04. The first-order valence-corrected chi connectivity index (χ1v) is 15.0. The third-order valence-corrected chi connectivity index (χ3v) is 8.65. The summed E-state index contributed by atoms with van der Waals surface area (Å²) < 4.78 is 39.1. The molecule has 1 aliphatic carbocycles. The number of methoxy groups -OCH3 is 1. The summed E-state index contributed by atoms with van der Waals surface area (Å²) in [6.45, 7) is 0.403. The van der Waals surface area contributed by atoms with Crippen LogP contribution in [0.1, 0.15) is 12.5 Å². The summed E-state index contributed by atoms with van der Waals surface area (Å²) in [5.74, 6) is -2.04. The van der Waals surface area contributed by atoms with Gasteiger partial charge in [-0.05, 0) is 42.3 Å². The van der Waals surface area contributed by atoms with Gasteiger partial charge >= 0.3 is 5.97 Å². The number of hydrogen-bond donors (Lipinski definition) is 8. The number of phenols is 1. The van der Waals surface area contributed by atoms with Gasteiger partial charge in [0.25, 0.3) is 0 Å². The molecule has 1 aromatic carbocycles. The van der Waals surface area contributed by atoms with E-state index in [4.69, 9.17) is 33.2 Å². The molecule has 2 saturated heterocycles. The molecule has 0 spiro atoms. The molecule has 14 atom stereocenters. The average Bonchev–Trinajstić information content (AvgIpc) is 3.43. The number of rotatable bonds is 10. The smallest absolute Gasteiger partial charge is 0.331 e. The maximum Gasteiger partial charge on any atom is 0.331 e. The van der Waals surface area contributed by atoms with Crippen LogP contribution in [0.15, 0.2) is 48.3 Å². The molecule has 0 amide bonds. The number of phenolic OH excluding ortho intramolecular Hbond substituents is 1. The van der Waals surface area contributed by atoms with Crippen molar-refractivity contribution in [1.82, 2.24) is 0 Å². The number of esters is 1. The van der Waals surface area contributed by atoms with Gasteiger partial charge in [-0.15, -0.1) is 0 Å². The van der Waals surface area contributed by atoms with Gasteiger partial charge in [-0.2, -0.15) is 0 Å².